The van der Waals surface area contributed by atoms with Crippen molar-refractivity contribution in [1.29, 1.82) is 0 Å². The summed E-state index contributed by atoms with van der Waals surface area (Å²) >= 11 is 0. The first-order valence-electron chi connectivity index (χ1n) is 9.91. The van der Waals surface area contributed by atoms with Crippen molar-refractivity contribution >= 4 is 35.0 Å². The minimum absolute atomic E-state index is 0.241. The monoisotopic (exact) mass is 430 g/mol. The van der Waals surface area contributed by atoms with Gasteiger partial charge in [-0.25, -0.2) is 4.79 Å². The zero-order valence-corrected chi connectivity index (χ0v) is 20.0. The topological polar surface area (TPSA) is 56.8 Å². The maximum atomic E-state index is 11.5. The van der Waals surface area contributed by atoms with Gasteiger partial charge in [0.15, 0.2) is 0 Å². The van der Waals surface area contributed by atoms with Crippen LogP contribution in [-0.4, -0.2) is 57.0 Å². The van der Waals surface area contributed by atoms with Crippen molar-refractivity contribution < 1.29 is 19.0 Å². The van der Waals surface area contributed by atoms with Gasteiger partial charge in [-0.3, -0.25) is 0 Å². The van der Waals surface area contributed by atoms with E-state index in [1.165, 1.54) is 12.8 Å². The average molecular weight is 430 g/mol. The van der Waals surface area contributed by atoms with E-state index < -0.39 is 6.09 Å². The first kappa shape index (κ1) is 27.5. The standard InChI is InChI=1S/C20H37BNO4S2/c1-17(2)8-9-20(5,6)28-27-16-25-14-15-26-19(23)22-11-13-24-12-7-10-21-18(3)4/h17-18H,8-9,11-16H2,1-6H3,(H,22,23). The Labute approximate surface area is 180 Å². The molecule has 0 aliphatic heterocycles. The zero-order valence-electron chi connectivity index (χ0n) is 18.3. The van der Waals surface area contributed by atoms with Crippen molar-refractivity contribution in [3.05, 3.63) is 0 Å². The molecule has 0 fully saturated rings. The number of amides is 1. The molecule has 0 unspecified atom stereocenters. The molecule has 0 heterocycles. The minimum Gasteiger partial charge on any atom is -0.447 e. The predicted octanol–water partition coefficient (Wildman–Crippen LogP) is 4.79. The molecule has 0 aliphatic rings. The number of carbonyl (C=O) groups excluding carboxylic acids is 1. The molecule has 0 saturated carbocycles. The molecule has 0 spiro atoms. The third kappa shape index (κ3) is 20.3. The van der Waals surface area contributed by atoms with E-state index in [0.717, 1.165) is 5.92 Å². The van der Waals surface area contributed by atoms with Crippen LogP contribution in [0.3, 0.4) is 0 Å². The van der Waals surface area contributed by atoms with Crippen molar-refractivity contribution in [1.82, 2.24) is 5.32 Å². The summed E-state index contributed by atoms with van der Waals surface area (Å²) in [5.41, 5.74) is 0. The van der Waals surface area contributed by atoms with Gasteiger partial charge in [-0.05, 0) is 32.6 Å². The Kier molecular flexibility index (Phi) is 17.1. The van der Waals surface area contributed by atoms with E-state index in [4.69, 9.17) is 14.2 Å². The number of hydrogen-bond acceptors (Lipinski definition) is 6. The molecule has 0 rings (SSSR count). The minimum atomic E-state index is -0.455. The normalized spacial score (nSPS) is 11.3. The maximum absolute atomic E-state index is 11.5. The summed E-state index contributed by atoms with van der Waals surface area (Å²) in [6.45, 7) is 15.0. The van der Waals surface area contributed by atoms with Gasteiger partial charge in [-0.2, -0.15) is 5.82 Å². The summed E-state index contributed by atoms with van der Waals surface area (Å²) in [7, 11) is 5.48. The van der Waals surface area contributed by atoms with Crippen LogP contribution in [0.4, 0.5) is 4.79 Å². The first-order valence-corrected chi connectivity index (χ1v) is 12.2. The van der Waals surface area contributed by atoms with Crippen molar-refractivity contribution in [3.8, 4) is 11.7 Å². The van der Waals surface area contributed by atoms with Gasteiger partial charge in [0.25, 0.3) is 0 Å². The molecule has 0 bridgehead atoms. The summed E-state index contributed by atoms with van der Waals surface area (Å²) in [4.78, 5) is 11.5. The Morgan fingerprint density at radius 1 is 1.14 bits per heavy atom. The summed E-state index contributed by atoms with van der Waals surface area (Å²) in [6, 6.07) is 0. The molecule has 0 saturated heterocycles. The lowest BCUT2D eigenvalue weighted by atomic mass is 9.67. The second kappa shape index (κ2) is 17.4. The van der Waals surface area contributed by atoms with Crippen LogP contribution in [0.25, 0.3) is 0 Å². The van der Waals surface area contributed by atoms with Crippen LogP contribution in [0.15, 0.2) is 0 Å². The van der Waals surface area contributed by atoms with Gasteiger partial charge < -0.3 is 19.5 Å². The van der Waals surface area contributed by atoms with Crippen LogP contribution in [0, 0.1) is 17.7 Å². The Morgan fingerprint density at radius 2 is 1.89 bits per heavy atom. The second-order valence-corrected chi connectivity index (χ2v) is 10.7. The smallest absolute Gasteiger partial charge is 0.407 e. The molecular weight excluding hydrogens is 393 g/mol. The molecule has 0 atom stereocenters. The Balaban J connectivity index is 3.46. The maximum Gasteiger partial charge on any atom is 0.407 e. The Morgan fingerprint density at radius 3 is 2.57 bits per heavy atom. The lowest BCUT2D eigenvalue weighted by Crippen LogP contribution is -2.29. The molecule has 0 aliphatic carbocycles. The highest BCUT2D eigenvalue weighted by molar-refractivity contribution is 8.77. The van der Waals surface area contributed by atoms with E-state index in [9.17, 15) is 4.79 Å². The third-order valence-corrected chi connectivity index (χ3v) is 6.44. The van der Waals surface area contributed by atoms with Gasteiger partial charge in [0.2, 0.25) is 7.28 Å². The fourth-order valence-electron chi connectivity index (χ4n) is 1.81. The van der Waals surface area contributed by atoms with Gasteiger partial charge in [-0.15, -0.1) is 0 Å². The zero-order chi connectivity index (χ0) is 21.3. The van der Waals surface area contributed by atoms with Crippen molar-refractivity contribution in [2.24, 2.45) is 5.92 Å². The number of nitrogens with one attached hydrogen (secondary N) is 1. The second-order valence-electron chi connectivity index (χ2n) is 7.77. The Bertz CT molecular complexity index is 465. The number of rotatable bonds is 15. The molecule has 1 N–H and O–H groups in total. The highest BCUT2D eigenvalue weighted by atomic mass is 33.1. The van der Waals surface area contributed by atoms with Crippen LogP contribution >= 0.6 is 21.6 Å². The number of alkyl carbamates (subject to hydrolysis) is 1. The van der Waals surface area contributed by atoms with Crippen LogP contribution in [-0.2, 0) is 14.2 Å². The third-order valence-electron chi connectivity index (χ3n) is 3.41. The number of ether oxygens (including phenoxy) is 3. The highest BCUT2D eigenvalue weighted by Gasteiger charge is 2.19. The van der Waals surface area contributed by atoms with E-state index in [2.05, 4.69) is 58.6 Å². The largest absolute Gasteiger partial charge is 0.447 e. The summed E-state index contributed by atoms with van der Waals surface area (Å²) in [6.07, 6.45) is 1.97. The van der Waals surface area contributed by atoms with Crippen molar-refractivity contribution in [2.45, 2.75) is 64.9 Å². The molecule has 5 nitrogen and oxygen atoms in total. The number of carbonyl (C=O) groups is 1. The number of hydrogen-bond donors (Lipinski definition) is 1. The summed E-state index contributed by atoms with van der Waals surface area (Å²) < 4.78 is 16.1. The lowest BCUT2D eigenvalue weighted by molar-refractivity contribution is 0.0908. The van der Waals surface area contributed by atoms with Gasteiger partial charge in [-0.1, -0.05) is 61.0 Å². The van der Waals surface area contributed by atoms with E-state index in [1.54, 1.807) is 10.8 Å². The van der Waals surface area contributed by atoms with Gasteiger partial charge >= 0.3 is 6.09 Å². The predicted molar refractivity (Wildman–Crippen MR) is 123 cm³/mol. The van der Waals surface area contributed by atoms with Crippen LogP contribution in [0.1, 0.15) is 54.4 Å². The molecule has 161 valence electrons. The van der Waals surface area contributed by atoms with E-state index >= 15 is 0 Å². The quantitative estimate of drug-likeness (QED) is 0.133. The SMILES string of the molecule is CC(C)[B]C#CCOCCNC(=O)OCCOCSSC(C)(C)CCC(C)C. The molecule has 8 heteroatoms. The molecule has 0 aromatic rings. The summed E-state index contributed by atoms with van der Waals surface area (Å²) in [5.74, 6) is 7.59. The lowest BCUT2D eigenvalue weighted by Gasteiger charge is -2.24. The molecule has 0 aromatic carbocycles. The fraction of sp³-hybridized carbons (Fsp3) is 0.850. The summed E-state index contributed by atoms with van der Waals surface area (Å²) in [5, 5.41) is 2.63. The van der Waals surface area contributed by atoms with Crippen molar-refractivity contribution in [2.75, 3.05) is 38.9 Å². The Hall–Kier alpha value is -0.485. The van der Waals surface area contributed by atoms with Gasteiger partial charge in [0.1, 0.15) is 19.2 Å². The van der Waals surface area contributed by atoms with Crippen LogP contribution < -0.4 is 5.32 Å². The molecular formula is C20H37BNO4S2. The van der Waals surface area contributed by atoms with E-state index in [-0.39, 0.29) is 11.4 Å². The molecule has 1 amide bonds. The molecule has 1 radical (unpaired) electrons. The van der Waals surface area contributed by atoms with Crippen molar-refractivity contribution in [3.63, 3.8) is 0 Å². The van der Waals surface area contributed by atoms with E-state index in [0.29, 0.717) is 38.1 Å². The first-order chi connectivity index (χ1) is 13.2. The highest BCUT2D eigenvalue weighted by Crippen LogP contribution is 2.39. The average Bonchev–Trinajstić information content (AvgIpc) is 2.61. The van der Waals surface area contributed by atoms with Crippen LogP contribution in [0.5, 0.6) is 0 Å². The van der Waals surface area contributed by atoms with E-state index in [1.807, 2.05) is 18.1 Å². The fourth-order valence-corrected chi connectivity index (χ4v) is 4.12. The van der Waals surface area contributed by atoms with Gasteiger partial charge in [0.05, 0.1) is 13.2 Å². The van der Waals surface area contributed by atoms with Crippen LogP contribution in [0.2, 0.25) is 5.82 Å². The molecule has 0 aromatic heterocycles. The van der Waals surface area contributed by atoms with Gasteiger partial charge in [0, 0.05) is 11.3 Å². The molecule has 28 heavy (non-hydrogen) atoms.